The molecule has 0 aliphatic heterocycles. The fourth-order valence-corrected chi connectivity index (χ4v) is 2.65. The van der Waals surface area contributed by atoms with Gasteiger partial charge in [-0.3, -0.25) is 4.79 Å². The molecule has 0 bridgehead atoms. The summed E-state index contributed by atoms with van der Waals surface area (Å²) in [6.07, 6.45) is -2.99. The summed E-state index contributed by atoms with van der Waals surface area (Å²) in [5, 5.41) is 2.28. The van der Waals surface area contributed by atoms with Crippen molar-refractivity contribution in [2.24, 2.45) is 0 Å². The van der Waals surface area contributed by atoms with Gasteiger partial charge in [-0.2, -0.15) is 13.2 Å². The molecule has 3 rings (SSSR count). The molecule has 9 heteroatoms. The summed E-state index contributed by atoms with van der Waals surface area (Å²) < 4.78 is 39.6. The first-order valence-electron chi connectivity index (χ1n) is 7.34. The maximum atomic E-state index is 13.2. The summed E-state index contributed by atoms with van der Waals surface area (Å²) in [7, 11) is 0. The summed E-state index contributed by atoms with van der Waals surface area (Å²) in [4.78, 5) is 18.8. The highest BCUT2D eigenvalue weighted by atomic mass is 35.5. The van der Waals surface area contributed by atoms with Gasteiger partial charge in [0.15, 0.2) is 5.15 Å². The van der Waals surface area contributed by atoms with Gasteiger partial charge in [0, 0.05) is 11.8 Å². The van der Waals surface area contributed by atoms with E-state index in [0.717, 1.165) is 6.07 Å². The number of carbonyl (C=O) groups excluding carboxylic acids is 1. The molecule has 134 valence electrons. The number of nitrogens with two attached hydrogens (primary N) is 1. The zero-order valence-corrected chi connectivity index (χ0v) is 13.8. The number of aromatic amines is 1. The first kappa shape index (κ1) is 17.8. The molecule has 0 unspecified atom stereocenters. The zero-order chi connectivity index (χ0) is 18.9. The van der Waals surface area contributed by atoms with Crippen molar-refractivity contribution in [2.75, 3.05) is 11.1 Å². The van der Waals surface area contributed by atoms with Crippen molar-refractivity contribution in [3.05, 3.63) is 65.1 Å². The Bertz CT molecular complexity index is 932. The first-order chi connectivity index (χ1) is 12.3. The van der Waals surface area contributed by atoms with Crippen LogP contribution in [0.2, 0.25) is 5.15 Å². The number of halogens is 4. The van der Waals surface area contributed by atoms with Gasteiger partial charge < -0.3 is 16.0 Å². The lowest BCUT2D eigenvalue weighted by atomic mass is 10.0. The molecule has 0 aliphatic carbocycles. The number of hydrogen-bond acceptors (Lipinski definition) is 3. The van der Waals surface area contributed by atoms with Crippen LogP contribution in [0.5, 0.6) is 0 Å². The summed E-state index contributed by atoms with van der Waals surface area (Å²) in [5.74, 6) is -0.506. The van der Waals surface area contributed by atoms with Crippen LogP contribution in [-0.4, -0.2) is 15.9 Å². The molecule has 0 fully saturated rings. The average molecular weight is 381 g/mol. The molecule has 1 aromatic carbocycles. The van der Waals surface area contributed by atoms with E-state index in [1.54, 1.807) is 18.3 Å². The number of anilines is 2. The second kappa shape index (κ2) is 6.72. The van der Waals surface area contributed by atoms with Crippen molar-refractivity contribution in [2.45, 2.75) is 6.18 Å². The first-order valence-corrected chi connectivity index (χ1v) is 7.72. The van der Waals surface area contributed by atoms with Crippen LogP contribution in [0.3, 0.4) is 0 Å². The number of rotatable bonds is 3. The van der Waals surface area contributed by atoms with Gasteiger partial charge >= 0.3 is 6.18 Å². The second-order valence-electron chi connectivity index (χ2n) is 5.34. The minimum Gasteiger partial charge on any atom is -0.397 e. The molecule has 0 radical (unpaired) electrons. The van der Waals surface area contributed by atoms with Gasteiger partial charge in [-0.25, -0.2) is 4.98 Å². The van der Waals surface area contributed by atoms with Gasteiger partial charge in [0.25, 0.3) is 5.91 Å². The van der Waals surface area contributed by atoms with Gasteiger partial charge in [-0.1, -0.05) is 29.8 Å². The third kappa shape index (κ3) is 3.50. The molecule has 2 heterocycles. The van der Waals surface area contributed by atoms with Crippen molar-refractivity contribution in [1.29, 1.82) is 0 Å². The minimum atomic E-state index is -4.56. The predicted molar refractivity (Wildman–Crippen MR) is 92.8 cm³/mol. The third-order valence-corrected chi connectivity index (χ3v) is 3.87. The smallest absolute Gasteiger partial charge is 0.397 e. The van der Waals surface area contributed by atoms with E-state index in [-0.39, 0.29) is 33.5 Å². The number of nitrogens with zero attached hydrogens (tertiary/aromatic N) is 1. The van der Waals surface area contributed by atoms with E-state index in [0.29, 0.717) is 0 Å². The molecule has 3 aromatic rings. The molecule has 2 aromatic heterocycles. The number of aromatic nitrogens is 2. The van der Waals surface area contributed by atoms with Crippen LogP contribution in [-0.2, 0) is 6.18 Å². The molecule has 1 amide bonds. The highest BCUT2D eigenvalue weighted by Gasteiger charge is 2.34. The summed E-state index contributed by atoms with van der Waals surface area (Å²) >= 11 is 6.06. The Morgan fingerprint density at radius 2 is 1.92 bits per heavy atom. The quantitative estimate of drug-likeness (QED) is 0.581. The molecule has 26 heavy (non-hydrogen) atoms. The lowest BCUT2D eigenvalue weighted by molar-refractivity contribution is -0.137. The Morgan fingerprint density at radius 3 is 2.54 bits per heavy atom. The second-order valence-corrected chi connectivity index (χ2v) is 5.70. The lowest BCUT2D eigenvalue weighted by Gasteiger charge is -2.15. The van der Waals surface area contributed by atoms with Gasteiger partial charge in [0.05, 0.1) is 16.9 Å². The van der Waals surface area contributed by atoms with E-state index >= 15 is 0 Å². The summed E-state index contributed by atoms with van der Waals surface area (Å²) in [5.41, 5.74) is 5.13. The number of amides is 1. The molecule has 0 saturated heterocycles. The number of pyridine rings is 1. The Hall–Kier alpha value is -3.00. The fraction of sp³-hybridized carbons (Fsp3) is 0.0588. The van der Waals surface area contributed by atoms with Crippen molar-refractivity contribution in [1.82, 2.24) is 9.97 Å². The molecule has 0 spiro atoms. The zero-order valence-electron chi connectivity index (χ0n) is 13.1. The van der Waals surface area contributed by atoms with Crippen molar-refractivity contribution in [3.63, 3.8) is 0 Å². The molecule has 0 saturated carbocycles. The van der Waals surface area contributed by atoms with E-state index in [1.165, 1.54) is 24.3 Å². The van der Waals surface area contributed by atoms with Crippen molar-refractivity contribution < 1.29 is 18.0 Å². The maximum Gasteiger partial charge on any atom is 0.417 e. The van der Waals surface area contributed by atoms with Crippen LogP contribution in [0.15, 0.2) is 48.7 Å². The Kier molecular flexibility index (Phi) is 4.60. The van der Waals surface area contributed by atoms with Crippen LogP contribution in [0.25, 0.3) is 11.3 Å². The fourth-order valence-electron chi connectivity index (χ4n) is 2.40. The molecular formula is C17H12ClF3N4O. The molecule has 0 atom stereocenters. The van der Waals surface area contributed by atoms with Crippen LogP contribution in [0.4, 0.5) is 24.5 Å². The SMILES string of the molecule is Nc1cc(-c2ccccc2C(F)(F)F)nc(Cl)c1NC(=O)c1ccc[nH]1. The van der Waals surface area contributed by atoms with E-state index in [4.69, 9.17) is 17.3 Å². The van der Waals surface area contributed by atoms with Crippen LogP contribution >= 0.6 is 11.6 Å². The van der Waals surface area contributed by atoms with E-state index < -0.39 is 17.6 Å². The lowest BCUT2D eigenvalue weighted by Crippen LogP contribution is -2.15. The number of nitrogen functional groups attached to an aromatic ring is 1. The van der Waals surface area contributed by atoms with Crippen LogP contribution in [0.1, 0.15) is 16.1 Å². The van der Waals surface area contributed by atoms with Crippen molar-refractivity contribution in [3.8, 4) is 11.3 Å². The number of hydrogen-bond donors (Lipinski definition) is 3. The van der Waals surface area contributed by atoms with Gasteiger partial charge in [0.2, 0.25) is 0 Å². The number of H-pyrrole nitrogens is 1. The van der Waals surface area contributed by atoms with Gasteiger partial charge in [-0.15, -0.1) is 0 Å². The standard InChI is InChI=1S/C17H12ClF3N4O/c18-15-14(25-16(26)12-6-3-7-23-12)11(22)8-13(24-15)9-4-1-2-5-10(9)17(19,20)21/h1-8,23H,(H2,22,24)(H,25,26). The highest BCUT2D eigenvalue weighted by molar-refractivity contribution is 6.33. The van der Waals surface area contributed by atoms with Crippen LogP contribution in [0, 0.1) is 0 Å². The molecule has 0 aliphatic rings. The van der Waals surface area contributed by atoms with E-state index in [2.05, 4.69) is 15.3 Å². The highest BCUT2D eigenvalue weighted by Crippen LogP contribution is 2.38. The van der Waals surface area contributed by atoms with E-state index in [9.17, 15) is 18.0 Å². The topological polar surface area (TPSA) is 83.8 Å². The Balaban J connectivity index is 2.00. The largest absolute Gasteiger partial charge is 0.417 e. The van der Waals surface area contributed by atoms with E-state index in [1.807, 2.05) is 0 Å². The average Bonchev–Trinajstić information content (AvgIpc) is 3.11. The Labute approximate surface area is 151 Å². The van der Waals surface area contributed by atoms with Crippen molar-refractivity contribution >= 4 is 28.9 Å². The molecular weight excluding hydrogens is 369 g/mol. The number of nitrogens with one attached hydrogen (secondary N) is 2. The molecule has 4 N–H and O–H groups in total. The molecule has 5 nitrogen and oxygen atoms in total. The summed E-state index contributed by atoms with van der Waals surface area (Å²) in [6.45, 7) is 0. The number of alkyl halides is 3. The maximum absolute atomic E-state index is 13.2. The minimum absolute atomic E-state index is 0.00289. The number of carbonyl (C=O) groups is 1. The third-order valence-electron chi connectivity index (χ3n) is 3.60. The van der Waals surface area contributed by atoms with Gasteiger partial charge in [-0.05, 0) is 24.3 Å². The normalized spacial score (nSPS) is 11.4. The number of benzene rings is 1. The van der Waals surface area contributed by atoms with Gasteiger partial charge in [0.1, 0.15) is 11.4 Å². The summed E-state index contributed by atoms with van der Waals surface area (Å²) in [6, 6.07) is 9.37. The van der Waals surface area contributed by atoms with Crippen LogP contribution < -0.4 is 11.1 Å². The Morgan fingerprint density at radius 1 is 1.19 bits per heavy atom. The monoisotopic (exact) mass is 380 g/mol. The predicted octanol–water partition coefficient (Wildman–Crippen LogP) is 4.58.